The number of hydrogen-bond donors (Lipinski definition) is 0. The second kappa shape index (κ2) is 7.14. The summed E-state index contributed by atoms with van der Waals surface area (Å²) < 4.78 is 5.52. The molecule has 0 bridgehead atoms. The standard InChI is InChI=1S/C16H23N3O/c1-4-5-9-20-16-10-15(17-12-18-16)19-11-13(2)7-6-8-14(19)3/h10,12-14H,6-9,11H2,1-3H3/t13-,14+/m1/s1. The first-order chi connectivity index (χ1) is 9.70. The Labute approximate surface area is 121 Å². The van der Waals surface area contributed by atoms with E-state index in [0.717, 1.165) is 12.4 Å². The van der Waals surface area contributed by atoms with Gasteiger partial charge in [0.05, 0.1) is 0 Å². The van der Waals surface area contributed by atoms with Gasteiger partial charge >= 0.3 is 0 Å². The van der Waals surface area contributed by atoms with Gasteiger partial charge in [0, 0.05) is 18.7 Å². The van der Waals surface area contributed by atoms with Crippen molar-refractivity contribution in [2.45, 2.75) is 46.1 Å². The highest BCUT2D eigenvalue weighted by molar-refractivity contribution is 5.42. The molecule has 1 aliphatic heterocycles. The SMILES string of the molecule is CC#CCOc1cc(N2C[C@H](C)CCC[C@@H]2C)ncn1. The third kappa shape index (κ3) is 3.86. The third-order valence-corrected chi connectivity index (χ3v) is 3.75. The molecule has 0 unspecified atom stereocenters. The molecule has 20 heavy (non-hydrogen) atoms. The highest BCUT2D eigenvalue weighted by Gasteiger charge is 2.22. The molecular formula is C16H23N3O. The van der Waals surface area contributed by atoms with Crippen molar-refractivity contribution >= 4 is 5.82 Å². The number of rotatable bonds is 3. The quantitative estimate of drug-likeness (QED) is 0.794. The summed E-state index contributed by atoms with van der Waals surface area (Å²) in [6.07, 6.45) is 5.37. The summed E-state index contributed by atoms with van der Waals surface area (Å²) in [7, 11) is 0. The predicted molar refractivity (Wildman–Crippen MR) is 80.8 cm³/mol. The summed E-state index contributed by atoms with van der Waals surface area (Å²) >= 11 is 0. The number of hydrogen-bond acceptors (Lipinski definition) is 4. The molecule has 0 saturated carbocycles. The van der Waals surface area contributed by atoms with E-state index in [4.69, 9.17) is 4.74 Å². The van der Waals surface area contributed by atoms with Crippen molar-refractivity contribution in [1.29, 1.82) is 0 Å². The molecule has 1 aliphatic rings. The molecule has 0 amide bonds. The first-order valence-electron chi connectivity index (χ1n) is 7.31. The molecule has 2 rings (SSSR count). The van der Waals surface area contributed by atoms with Crippen molar-refractivity contribution in [3.8, 4) is 17.7 Å². The molecule has 2 atom stereocenters. The van der Waals surface area contributed by atoms with Crippen molar-refractivity contribution in [1.82, 2.24) is 9.97 Å². The molecule has 0 aliphatic carbocycles. The van der Waals surface area contributed by atoms with Crippen LogP contribution in [0.2, 0.25) is 0 Å². The van der Waals surface area contributed by atoms with Gasteiger partial charge in [-0.1, -0.05) is 19.3 Å². The lowest BCUT2D eigenvalue weighted by Gasteiger charge is -2.29. The zero-order valence-electron chi connectivity index (χ0n) is 12.6. The first-order valence-corrected chi connectivity index (χ1v) is 7.31. The topological polar surface area (TPSA) is 38.2 Å². The maximum atomic E-state index is 5.52. The molecule has 1 aromatic rings. The van der Waals surface area contributed by atoms with Crippen LogP contribution in [0.3, 0.4) is 0 Å². The van der Waals surface area contributed by atoms with Crippen LogP contribution in [0.15, 0.2) is 12.4 Å². The van der Waals surface area contributed by atoms with Crippen LogP contribution in [0.5, 0.6) is 5.88 Å². The van der Waals surface area contributed by atoms with Gasteiger partial charge in [-0.15, -0.1) is 5.92 Å². The average Bonchev–Trinajstić information content (AvgIpc) is 2.61. The average molecular weight is 273 g/mol. The van der Waals surface area contributed by atoms with E-state index in [0.29, 0.717) is 24.4 Å². The van der Waals surface area contributed by atoms with Crippen LogP contribution < -0.4 is 9.64 Å². The van der Waals surface area contributed by atoms with Crippen molar-refractivity contribution in [2.24, 2.45) is 5.92 Å². The van der Waals surface area contributed by atoms with Crippen molar-refractivity contribution in [3.63, 3.8) is 0 Å². The zero-order chi connectivity index (χ0) is 14.4. The van der Waals surface area contributed by atoms with E-state index in [1.165, 1.54) is 19.3 Å². The molecule has 0 radical (unpaired) electrons. The summed E-state index contributed by atoms with van der Waals surface area (Å²) in [5, 5.41) is 0. The maximum absolute atomic E-state index is 5.52. The van der Waals surface area contributed by atoms with Gasteiger partial charge in [-0.3, -0.25) is 0 Å². The second-order valence-electron chi connectivity index (χ2n) is 5.47. The van der Waals surface area contributed by atoms with Crippen LogP contribution in [0.4, 0.5) is 5.82 Å². The maximum Gasteiger partial charge on any atom is 0.219 e. The molecular weight excluding hydrogens is 250 g/mol. The lowest BCUT2D eigenvalue weighted by Crippen LogP contribution is -2.35. The minimum atomic E-state index is 0.374. The van der Waals surface area contributed by atoms with E-state index >= 15 is 0 Å². The van der Waals surface area contributed by atoms with Crippen LogP contribution >= 0.6 is 0 Å². The summed E-state index contributed by atoms with van der Waals surface area (Å²) in [5.74, 6) is 7.94. The van der Waals surface area contributed by atoms with Crippen LogP contribution in [0.1, 0.15) is 40.0 Å². The molecule has 1 saturated heterocycles. The fraction of sp³-hybridized carbons (Fsp3) is 0.625. The lowest BCUT2D eigenvalue weighted by atomic mass is 10.1. The first kappa shape index (κ1) is 14.6. The number of aromatic nitrogens is 2. The van der Waals surface area contributed by atoms with Gasteiger partial charge in [0.15, 0.2) is 6.61 Å². The Balaban J connectivity index is 2.12. The van der Waals surface area contributed by atoms with E-state index in [9.17, 15) is 0 Å². The largest absolute Gasteiger partial charge is 0.464 e. The number of ether oxygens (including phenoxy) is 1. The Bertz CT molecular complexity index is 492. The van der Waals surface area contributed by atoms with Gasteiger partial charge < -0.3 is 9.64 Å². The third-order valence-electron chi connectivity index (χ3n) is 3.75. The van der Waals surface area contributed by atoms with Crippen molar-refractivity contribution in [3.05, 3.63) is 12.4 Å². The molecule has 4 nitrogen and oxygen atoms in total. The zero-order valence-corrected chi connectivity index (χ0v) is 12.6. The van der Waals surface area contributed by atoms with E-state index < -0.39 is 0 Å². The minimum Gasteiger partial charge on any atom is -0.464 e. The van der Waals surface area contributed by atoms with E-state index in [2.05, 4.69) is 40.6 Å². The summed E-state index contributed by atoms with van der Waals surface area (Å²) in [4.78, 5) is 10.9. The Hall–Kier alpha value is -1.76. The van der Waals surface area contributed by atoms with E-state index in [-0.39, 0.29) is 0 Å². The summed E-state index contributed by atoms with van der Waals surface area (Å²) in [6.45, 7) is 7.80. The van der Waals surface area contributed by atoms with Crippen molar-refractivity contribution < 1.29 is 4.74 Å². The fourth-order valence-electron chi connectivity index (χ4n) is 2.59. The van der Waals surface area contributed by atoms with Gasteiger partial charge in [-0.25, -0.2) is 9.97 Å². The molecule has 1 aromatic heterocycles. The highest BCUT2D eigenvalue weighted by Crippen LogP contribution is 2.26. The van der Waals surface area contributed by atoms with Crippen LogP contribution in [0.25, 0.3) is 0 Å². The predicted octanol–water partition coefficient (Wildman–Crippen LogP) is 2.89. The fourth-order valence-corrected chi connectivity index (χ4v) is 2.59. The molecule has 4 heteroatoms. The van der Waals surface area contributed by atoms with Crippen molar-refractivity contribution in [2.75, 3.05) is 18.1 Å². The number of nitrogens with zero attached hydrogens (tertiary/aromatic N) is 3. The second-order valence-corrected chi connectivity index (χ2v) is 5.47. The molecule has 108 valence electrons. The monoisotopic (exact) mass is 273 g/mol. The van der Waals surface area contributed by atoms with Gasteiger partial charge in [-0.05, 0) is 32.6 Å². The normalized spacial score (nSPS) is 22.6. The Morgan fingerprint density at radius 1 is 1.35 bits per heavy atom. The van der Waals surface area contributed by atoms with Gasteiger partial charge in [0.2, 0.25) is 5.88 Å². The summed E-state index contributed by atoms with van der Waals surface area (Å²) in [6, 6.07) is 2.43. The highest BCUT2D eigenvalue weighted by atomic mass is 16.5. The minimum absolute atomic E-state index is 0.374. The van der Waals surface area contributed by atoms with Crippen LogP contribution in [-0.4, -0.2) is 29.2 Å². The van der Waals surface area contributed by atoms with E-state index in [1.54, 1.807) is 13.3 Å². The Morgan fingerprint density at radius 2 is 2.20 bits per heavy atom. The van der Waals surface area contributed by atoms with Crippen LogP contribution in [0, 0.1) is 17.8 Å². The Morgan fingerprint density at radius 3 is 3.00 bits per heavy atom. The Kier molecular flexibility index (Phi) is 5.23. The van der Waals surface area contributed by atoms with Gasteiger partial charge in [0.1, 0.15) is 12.1 Å². The molecule has 0 N–H and O–H groups in total. The van der Waals surface area contributed by atoms with Crippen LogP contribution in [-0.2, 0) is 0 Å². The smallest absolute Gasteiger partial charge is 0.219 e. The molecule has 0 spiro atoms. The summed E-state index contributed by atoms with van der Waals surface area (Å²) in [5.41, 5.74) is 0. The van der Waals surface area contributed by atoms with Gasteiger partial charge in [0.25, 0.3) is 0 Å². The molecule has 2 heterocycles. The lowest BCUT2D eigenvalue weighted by molar-refractivity contribution is 0.354. The molecule has 0 aromatic carbocycles. The van der Waals surface area contributed by atoms with Gasteiger partial charge in [-0.2, -0.15) is 0 Å². The van der Waals surface area contributed by atoms with E-state index in [1.807, 2.05) is 6.07 Å². The number of anilines is 1. The molecule has 1 fully saturated rings.